The lowest BCUT2D eigenvalue weighted by molar-refractivity contribution is -0.151. The van der Waals surface area contributed by atoms with E-state index in [2.05, 4.69) is 111 Å². The fourth-order valence-corrected chi connectivity index (χ4v) is 8.14. The molecule has 0 aliphatic rings. The minimum Gasteiger partial charge on any atom is -0.462 e. The molecule has 0 fully saturated rings. The molecule has 1 amide bonds. The molecule has 0 aromatic rings. The maximum Gasteiger partial charge on any atom is 0.306 e. The van der Waals surface area contributed by atoms with Gasteiger partial charge in [0, 0.05) is 6.42 Å². The molecule has 0 aromatic carbocycles. The number of aliphatic hydroxyl groups is 2. The largest absolute Gasteiger partial charge is 0.462 e. The molecule has 6 heteroatoms. The highest BCUT2D eigenvalue weighted by Gasteiger charge is 2.24. The van der Waals surface area contributed by atoms with Crippen molar-refractivity contribution < 1.29 is 24.5 Å². The highest BCUT2D eigenvalue weighted by Crippen LogP contribution is 2.17. The van der Waals surface area contributed by atoms with Crippen molar-refractivity contribution in [3.05, 3.63) is 85.1 Å². The quantitative estimate of drug-likeness (QED) is 0.0321. The van der Waals surface area contributed by atoms with Crippen LogP contribution in [0.25, 0.3) is 0 Å². The third-order valence-electron chi connectivity index (χ3n) is 12.4. The average molecular weight is 935 g/mol. The van der Waals surface area contributed by atoms with Crippen molar-refractivity contribution in [3.63, 3.8) is 0 Å². The normalized spacial score (nSPS) is 13.8. The van der Waals surface area contributed by atoms with E-state index < -0.39 is 18.2 Å². The Morgan fingerprint density at radius 3 is 1.18 bits per heavy atom. The summed E-state index contributed by atoms with van der Waals surface area (Å²) in [5, 5.41) is 23.8. The van der Waals surface area contributed by atoms with Crippen LogP contribution >= 0.6 is 0 Å². The first-order valence-corrected chi connectivity index (χ1v) is 28.3. The van der Waals surface area contributed by atoms with Crippen LogP contribution in [-0.4, -0.2) is 46.9 Å². The lowest BCUT2D eigenvalue weighted by atomic mass is 10.0. The molecule has 67 heavy (non-hydrogen) atoms. The van der Waals surface area contributed by atoms with Crippen LogP contribution in [-0.2, 0) is 14.3 Å². The summed E-state index contributed by atoms with van der Waals surface area (Å²) in [5.41, 5.74) is 0. The van der Waals surface area contributed by atoms with Crippen LogP contribution in [0.5, 0.6) is 0 Å². The number of rotatable bonds is 50. The first-order chi connectivity index (χ1) is 33.0. The summed E-state index contributed by atoms with van der Waals surface area (Å²) in [6, 6.07) is -0.725. The highest BCUT2D eigenvalue weighted by atomic mass is 16.5. The molecule has 0 spiro atoms. The summed E-state index contributed by atoms with van der Waals surface area (Å²) in [6.07, 6.45) is 70.7. The lowest BCUT2D eigenvalue weighted by Gasteiger charge is -2.24. The summed E-state index contributed by atoms with van der Waals surface area (Å²) >= 11 is 0. The Kier molecular flexibility index (Phi) is 51.6. The van der Waals surface area contributed by atoms with E-state index in [1.165, 1.54) is 122 Å². The first kappa shape index (κ1) is 64.0. The van der Waals surface area contributed by atoms with Crippen LogP contribution in [0.4, 0.5) is 0 Å². The van der Waals surface area contributed by atoms with E-state index >= 15 is 0 Å². The third-order valence-corrected chi connectivity index (χ3v) is 12.4. The summed E-state index contributed by atoms with van der Waals surface area (Å²) in [6.45, 7) is 6.42. The smallest absolute Gasteiger partial charge is 0.306 e. The molecule has 0 heterocycles. The lowest BCUT2D eigenvalue weighted by Crippen LogP contribution is -2.46. The zero-order valence-corrected chi connectivity index (χ0v) is 44.0. The molecule has 3 unspecified atom stereocenters. The number of carbonyl (C=O) groups excluding carboxylic acids is 2. The van der Waals surface area contributed by atoms with E-state index in [9.17, 15) is 19.8 Å². The van der Waals surface area contributed by atoms with Gasteiger partial charge in [0.05, 0.1) is 25.2 Å². The molecule has 0 saturated heterocycles. The predicted molar refractivity (Wildman–Crippen MR) is 291 cm³/mol. The second kappa shape index (κ2) is 54.0. The maximum atomic E-state index is 13.3. The Morgan fingerprint density at radius 1 is 0.433 bits per heavy atom. The number of nitrogens with one attached hydrogen (secondary N) is 1. The average Bonchev–Trinajstić information content (AvgIpc) is 3.32. The van der Waals surface area contributed by atoms with Crippen molar-refractivity contribution in [2.45, 2.75) is 283 Å². The van der Waals surface area contributed by atoms with Crippen LogP contribution in [0.2, 0.25) is 0 Å². The van der Waals surface area contributed by atoms with Gasteiger partial charge in [0.15, 0.2) is 0 Å². The monoisotopic (exact) mass is 934 g/mol. The molecule has 386 valence electrons. The van der Waals surface area contributed by atoms with Gasteiger partial charge in [0.1, 0.15) is 6.10 Å². The Morgan fingerprint density at radius 2 is 0.761 bits per heavy atom. The van der Waals surface area contributed by atoms with Gasteiger partial charge in [-0.2, -0.15) is 0 Å². The fourth-order valence-electron chi connectivity index (χ4n) is 8.14. The van der Waals surface area contributed by atoms with Crippen molar-refractivity contribution in [2.24, 2.45) is 0 Å². The second-order valence-corrected chi connectivity index (χ2v) is 19.0. The Hall–Kier alpha value is -2.96. The minimum atomic E-state index is -0.808. The summed E-state index contributed by atoms with van der Waals surface area (Å²) < 4.78 is 5.92. The second-order valence-electron chi connectivity index (χ2n) is 19.0. The van der Waals surface area contributed by atoms with Crippen LogP contribution in [0.3, 0.4) is 0 Å². The molecule has 0 aliphatic carbocycles. The molecule has 0 radical (unpaired) electrons. The van der Waals surface area contributed by atoms with Gasteiger partial charge in [-0.15, -0.1) is 0 Å². The molecule has 0 rings (SSSR count). The van der Waals surface area contributed by atoms with Crippen molar-refractivity contribution in [2.75, 3.05) is 6.61 Å². The SMILES string of the molecule is CCCCC/C=C\C/C=C\C/C=C\C/C=C\CCCC(=O)OC(CCCCCC/C=C\C/C=C\C/C=C\CCCCC)CC(=O)NC(CO)C(O)CCCCCCCCCCCCCCCC. The number of hydrogen-bond donors (Lipinski definition) is 3. The van der Waals surface area contributed by atoms with Crippen molar-refractivity contribution in [1.82, 2.24) is 5.32 Å². The standard InChI is InChI=1S/C61H107NO5/c1-4-7-10-13-16-19-22-25-28-30-32-34-37-40-43-46-49-52-57(67-61(66)54-51-48-45-42-39-36-33-31-29-26-23-20-17-14-11-8-5-2)55-60(65)62-58(56-63)59(64)53-50-47-44-41-38-35-27-24-21-18-15-12-9-6-3/h16-17,19-20,25-26,28-29,32-34,36,42,45,57-59,63-64H,4-15,18,21-24,27,30-31,35,37-41,43-44,46-56H2,1-3H3,(H,62,65)/b19-16-,20-17-,28-25-,29-26-,34-32-,36-33-,45-42-. The third kappa shape index (κ3) is 49.3. The number of hydrogen-bond acceptors (Lipinski definition) is 5. The Labute approximate surface area is 414 Å². The van der Waals surface area contributed by atoms with Gasteiger partial charge in [-0.3, -0.25) is 9.59 Å². The van der Waals surface area contributed by atoms with Gasteiger partial charge in [-0.1, -0.05) is 234 Å². The van der Waals surface area contributed by atoms with E-state index in [1.54, 1.807) is 0 Å². The Balaban J connectivity index is 4.72. The molecular weight excluding hydrogens is 827 g/mol. The van der Waals surface area contributed by atoms with Crippen molar-refractivity contribution >= 4 is 11.9 Å². The number of aliphatic hydroxyl groups excluding tert-OH is 2. The molecule has 0 aromatic heterocycles. The molecule has 3 N–H and O–H groups in total. The van der Waals surface area contributed by atoms with Crippen molar-refractivity contribution in [1.29, 1.82) is 0 Å². The number of esters is 1. The summed E-state index contributed by atoms with van der Waals surface area (Å²) in [5.74, 6) is -0.562. The van der Waals surface area contributed by atoms with Crippen molar-refractivity contribution in [3.8, 4) is 0 Å². The topological polar surface area (TPSA) is 95.9 Å². The number of unbranched alkanes of at least 4 members (excludes halogenated alkanes) is 24. The fraction of sp³-hybridized carbons (Fsp3) is 0.738. The molecule has 6 nitrogen and oxygen atoms in total. The molecule has 0 aliphatic heterocycles. The van der Waals surface area contributed by atoms with E-state index in [0.29, 0.717) is 25.7 Å². The first-order valence-electron chi connectivity index (χ1n) is 28.3. The van der Waals surface area contributed by atoms with Gasteiger partial charge in [0.2, 0.25) is 5.91 Å². The van der Waals surface area contributed by atoms with E-state index in [-0.39, 0.29) is 24.9 Å². The van der Waals surface area contributed by atoms with E-state index in [1.807, 2.05) is 0 Å². The summed E-state index contributed by atoms with van der Waals surface area (Å²) in [4.78, 5) is 26.2. The number of carbonyl (C=O) groups is 2. The van der Waals surface area contributed by atoms with Gasteiger partial charge < -0.3 is 20.3 Å². The number of ether oxygens (including phenoxy) is 1. The van der Waals surface area contributed by atoms with Crippen LogP contribution in [0, 0.1) is 0 Å². The van der Waals surface area contributed by atoms with Gasteiger partial charge >= 0.3 is 5.97 Å². The van der Waals surface area contributed by atoms with Crippen LogP contribution < -0.4 is 5.32 Å². The highest BCUT2D eigenvalue weighted by molar-refractivity contribution is 5.77. The zero-order chi connectivity index (χ0) is 48.8. The molecule has 3 atom stereocenters. The van der Waals surface area contributed by atoms with Crippen LogP contribution in [0.15, 0.2) is 85.1 Å². The Bertz CT molecular complexity index is 1280. The molecule has 0 saturated carbocycles. The zero-order valence-electron chi connectivity index (χ0n) is 44.0. The van der Waals surface area contributed by atoms with Gasteiger partial charge in [-0.05, 0) is 103 Å². The van der Waals surface area contributed by atoms with Gasteiger partial charge in [-0.25, -0.2) is 0 Å². The van der Waals surface area contributed by atoms with E-state index in [4.69, 9.17) is 4.74 Å². The molecular formula is C61H107NO5. The predicted octanol–water partition coefficient (Wildman–Crippen LogP) is 17.5. The van der Waals surface area contributed by atoms with Gasteiger partial charge in [0.25, 0.3) is 0 Å². The summed E-state index contributed by atoms with van der Waals surface area (Å²) in [7, 11) is 0. The number of allylic oxidation sites excluding steroid dienone is 14. The minimum absolute atomic E-state index is 0.0376. The van der Waals surface area contributed by atoms with E-state index in [0.717, 1.165) is 89.9 Å². The number of amides is 1. The molecule has 0 bridgehead atoms. The maximum absolute atomic E-state index is 13.3. The van der Waals surface area contributed by atoms with Crippen LogP contribution in [0.1, 0.15) is 265 Å².